The van der Waals surface area contributed by atoms with Crippen LogP contribution in [0.25, 0.3) is 5.57 Å². The lowest BCUT2D eigenvalue weighted by Gasteiger charge is -2.33. The van der Waals surface area contributed by atoms with Crippen molar-refractivity contribution in [1.82, 2.24) is 10.2 Å². The maximum atomic E-state index is 12.3. The van der Waals surface area contributed by atoms with Gasteiger partial charge in [0, 0.05) is 31.8 Å². The molecule has 4 heteroatoms. The molecule has 0 radical (unpaired) electrons. The molecule has 1 N–H and O–H groups in total. The number of hydrogen-bond acceptors (Lipinski definition) is 3. The first-order chi connectivity index (χ1) is 9.61. The van der Waals surface area contributed by atoms with Crippen molar-refractivity contribution in [2.75, 3.05) is 26.7 Å². The minimum atomic E-state index is 0.0827. The van der Waals surface area contributed by atoms with Crippen LogP contribution < -0.4 is 10.1 Å². The van der Waals surface area contributed by atoms with Gasteiger partial charge in [0.05, 0.1) is 7.11 Å². The highest BCUT2D eigenvalue weighted by atomic mass is 16.5. The Morgan fingerprint density at radius 1 is 1.50 bits per heavy atom. The van der Waals surface area contributed by atoms with E-state index in [1.807, 2.05) is 36.1 Å². The Morgan fingerprint density at radius 3 is 3.00 bits per heavy atom. The molecule has 20 heavy (non-hydrogen) atoms. The summed E-state index contributed by atoms with van der Waals surface area (Å²) in [7, 11) is 1.64. The van der Waals surface area contributed by atoms with Gasteiger partial charge in [-0.1, -0.05) is 12.1 Å². The molecule has 0 aromatic heterocycles. The summed E-state index contributed by atoms with van der Waals surface area (Å²) in [5, 5.41) is 3.29. The number of allylic oxidation sites excluding steroid dienone is 1. The number of ether oxygens (including phenoxy) is 1. The Morgan fingerprint density at radius 2 is 2.30 bits per heavy atom. The monoisotopic (exact) mass is 274 g/mol. The highest BCUT2D eigenvalue weighted by Gasteiger charge is 2.21. The van der Waals surface area contributed by atoms with E-state index in [1.54, 1.807) is 13.2 Å². The third-order valence-corrected chi connectivity index (χ3v) is 3.65. The molecule has 0 bridgehead atoms. The molecule has 0 saturated carbocycles. The van der Waals surface area contributed by atoms with E-state index in [0.29, 0.717) is 0 Å². The predicted octanol–water partition coefficient (Wildman–Crippen LogP) is 1.92. The van der Waals surface area contributed by atoms with Crippen LogP contribution in [0.4, 0.5) is 0 Å². The fourth-order valence-corrected chi connectivity index (χ4v) is 2.39. The van der Waals surface area contributed by atoms with Gasteiger partial charge in [-0.05, 0) is 37.1 Å². The summed E-state index contributed by atoms with van der Waals surface area (Å²) in [5.41, 5.74) is 1.97. The van der Waals surface area contributed by atoms with E-state index in [2.05, 4.69) is 12.2 Å². The summed E-state index contributed by atoms with van der Waals surface area (Å²) in [6.45, 7) is 6.51. The minimum absolute atomic E-state index is 0.0827. The second-order valence-electron chi connectivity index (χ2n) is 5.14. The zero-order chi connectivity index (χ0) is 14.5. The number of rotatable bonds is 3. The normalized spacial score (nSPS) is 19.9. The van der Waals surface area contributed by atoms with Gasteiger partial charge in [0.1, 0.15) is 5.75 Å². The molecule has 0 spiro atoms. The lowest BCUT2D eigenvalue weighted by molar-refractivity contribution is -0.128. The summed E-state index contributed by atoms with van der Waals surface area (Å²) in [6.07, 6.45) is 1.72. The number of piperazine rings is 1. The van der Waals surface area contributed by atoms with Crippen molar-refractivity contribution in [1.29, 1.82) is 0 Å². The summed E-state index contributed by atoms with van der Waals surface area (Å²) < 4.78 is 5.21. The Kier molecular flexibility index (Phi) is 4.79. The Hall–Kier alpha value is -1.81. The molecular weight excluding hydrogens is 252 g/mol. The number of nitrogens with one attached hydrogen (secondary N) is 1. The second-order valence-corrected chi connectivity index (χ2v) is 5.14. The van der Waals surface area contributed by atoms with Crippen molar-refractivity contribution in [3.63, 3.8) is 0 Å². The second kappa shape index (κ2) is 6.57. The van der Waals surface area contributed by atoms with E-state index in [9.17, 15) is 4.79 Å². The van der Waals surface area contributed by atoms with Crippen LogP contribution in [0.1, 0.15) is 19.4 Å². The van der Waals surface area contributed by atoms with E-state index in [4.69, 9.17) is 4.74 Å². The van der Waals surface area contributed by atoms with Gasteiger partial charge in [-0.15, -0.1) is 0 Å². The van der Waals surface area contributed by atoms with Crippen molar-refractivity contribution in [2.45, 2.75) is 19.9 Å². The smallest absolute Gasteiger partial charge is 0.247 e. The molecule has 2 rings (SSSR count). The van der Waals surface area contributed by atoms with Crippen molar-refractivity contribution in [3.05, 3.63) is 35.9 Å². The number of hydrogen-bond donors (Lipinski definition) is 1. The summed E-state index contributed by atoms with van der Waals surface area (Å²) >= 11 is 0. The average Bonchev–Trinajstić information content (AvgIpc) is 2.47. The fraction of sp³-hybridized carbons (Fsp3) is 0.438. The standard InChI is InChI=1S/C16H22N2O2/c1-12(14-5-4-6-15(10-14)20-3)9-16(19)18-8-7-17-11-13(18)2/h4-6,9-10,13,17H,7-8,11H2,1-3H3/b12-9+. The largest absolute Gasteiger partial charge is 0.497 e. The summed E-state index contributed by atoms with van der Waals surface area (Å²) in [5.74, 6) is 0.887. The van der Waals surface area contributed by atoms with E-state index in [0.717, 1.165) is 36.5 Å². The van der Waals surface area contributed by atoms with Crippen molar-refractivity contribution >= 4 is 11.5 Å². The van der Waals surface area contributed by atoms with Gasteiger partial charge in [0.25, 0.3) is 0 Å². The topological polar surface area (TPSA) is 41.6 Å². The molecule has 1 saturated heterocycles. The van der Waals surface area contributed by atoms with Gasteiger partial charge >= 0.3 is 0 Å². The molecule has 1 fully saturated rings. The highest BCUT2D eigenvalue weighted by molar-refractivity contribution is 5.95. The lowest BCUT2D eigenvalue weighted by atomic mass is 10.1. The number of benzene rings is 1. The molecule has 108 valence electrons. The average molecular weight is 274 g/mol. The van der Waals surface area contributed by atoms with E-state index in [-0.39, 0.29) is 11.9 Å². The van der Waals surface area contributed by atoms with E-state index >= 15 is 0 Å². The fourth-order valence-electron chi connectivity index (χ4n) is 2.39. The van der Waals surface area contributed by atoms with Gasteiger partial charge in [-0.3, -0.25) is 4.79 Å². The van der Waals surface area contributed by atoms with Gasteiger partial charge in [0.15, 0.2) is 0 Å². The van der Waals surface area contributed by atoms with Crippen molar-refractivity contribution in [2.24, 2.45) is 0 Å². The van der Waals surface area contributed by atoms with Gasteiger partial charge in [0.2, 0.25) is 5.91 Å². The van der Waals surface area contributed by atoms with Crippen LogP contribution in [-0.4, -0.2) is 43.6 Å². The van der Waals surface area contributed by atoms with Crippen LogP contribution in [0.2, 0.25) is 0 Å². The van der Waals surface area contributed by atoms with Crippen LogP contribution in [0, 0.1) is 0 Å². The molecule has 1 aliphatic rings. The third kappa shape index (κ3) is 3.39. The zero-order valence-electron chi connectivity index (χ0n) is 12.3. The molecule has 0 aliphatic carbocycles. The number of carbonyl (C=O) groups is 1. The molecule has 4 nitrogen and oxygen atoms in total. The lowest BCUT2D eigenvalue weighted by Crippen LogP contribution is -2.51. The number of carbonyl (C=O) groups excluding carboxylic acids is 1. The Labute approximate surface area is 120 Å². The molecule has 1 aromatic rings. The molecular formula is C16H22N2O2. The van der Waals surface area contributed by atoms with Crippen LogP contribution in [0.15, 0.2) is 30.3 Å². The summed E-state index contributed by atoms with van der Waals surface area (Å²) in [6, 6.07) is 8.01. The molecule has 1 aromatic carbocycles. The SMILES string of the molecule is COc1cccc(/C(C)=C/C(=O)N2CCNCC2C)c1. The van der Waals surface area contributed by atoms with Gasteiger partial charge in [-0.25, -0.2) is 0 Å². The van der Waals surface area contributed by atoms with Gasteiger partial charge in [-0.2, -0.15) is 0 Å². The Balaban J connectivity index is 2.14. The minimum Gasteiger partial charge on any atom is -0.497 e. The quantitative estimate of drug-likeness (QED) is 0.856. The maximum absolute atomic E-state index is 12.3. The van der Waals surface area contributed by atoms with Crippen molar-refractivity contribution in [3.8, 4) is 5.75 Å². The first kappa shape index (κ1) is 14.6. The number of methoxy groups -OCH3 is 1. The molecule has 1 unspecified atom stereocenters. The van der Waals surface area contributed by atoms with Gasteiger partial charge < -0.3 is 15.0 Å². The maximum Gasteiger partial charge on any atom is 0.247 e. The van der Waals surface area contributed by atoms with E-state index in [1.165, 1.54) is 0 Å². The predicted molar refractivity (Wildman–Crippen MR) is 80.7 cm³/mol. The van der Waals surface area contributed by atoms with Crippen molar-refractivity contribution < 1.29 is 9.53 Å². The van der Waals surface area contributed by atoms with Crippen LogP contribution in [0.5, 0.6) is 5.75 Å². The number of amides is 1. The molecule has 1 heterocycles. The van der Waals surface area contributed by atoms with Crippen LogP contribution in [-0.2, 0) is 4.79 Å². The zero-order valence-corrected chi connectivity index (χ0v) is 12.3. The molecule has 1 atom stereocenters. The molecule has 1 amide bonds. The number of nitrogens with zero attached hydrogens (tertiary/aromatic N) is 1. The first-order valence-electron chi connectivity index (χ1n) is 6.96. The third-order valence-electron chi connectivity index (χ3n) is 3.65. The Bertz CT molecular complexity index is 511. The molecule has 1 aliphatic heterocycles. The van der Waals surface area contributed by atoms with Crippen LogP contribution >= 0.6 is 0 Å². The van der Waals surface area contributed by atoms with E-state index < -0.39 is 0 Å². The highest BCUT2D eigenvalue weighted by Crippen LogP contribution is 2.20. The summed E-state index contributed by atoms with van der Waals surface area (Å²) in [4.78, 5) is 14.3. The first-order valence-corrected chi connectivity index (χ1v) is 6.96. The van der Waals surface area contributed by atoms with Crippen LogP contribution in [0.3, 0.4) is 0 Å².